The number of ether oxygens (including phenoxy) is 3. The van der Waals surface area contributed by atoms with Gasteiger partial charge in [-0.2, -0.15) is 0 Å². The lowest BCUT2D eigenvalue weighted by Crippen LogP contribution is -2.31. The lowest BCUT2D eigenvalue weighted by Gasteiger charge is -2.14. The largest absolute Gasteiger partial charge is 0.493 e. The number of rotatable bonds is 9. The van der Waals surface area contributed by atoms with E-state index in [0.717, 1.165) is 0 Å². The summed E-state index contributed by atoms with van der Waals surface area (Å²) in [4.78, 5) is 51.2. The van der Waals surface area contributed by atoms with E-state index in [1.165, 1.54) is 43.4 Å². The number of imide groups is 1. The van der Waals surface area contributed by atoms with E-state index < -0.39 is 24.3 Å². The third-order valence-corrected chi connectivity index (χ3v) is 5.18. The van der Waals surface area contributed by atoms with Crippen molar-refractivity contribution in [2.45, 2.75) is 20.3 Å². The van der Waals surface area contributed by atoms with E-state index in [9.17, 15) is 19.2 Å². The SMILES string of the molecule is COc1ccc(C(=O)COC(=O)c2ccc3c(c2)C(=O)N(CCC(C)C)C3=O)cc1OC. The number of hydrogen-bond acceptors (Lipinski definition) is 7. The highest BCUT2D eigenvalue weighted by Gasteiger charge is 2.35. The number of hydrogen-bond donors (Lipinski definition) is 0. The van der Waals surface area contributed by atoms with E-state index in [4.69, 9.17) is 14.2 Å². The highest BCUT2D eigenvalue weighted by molar-refractivity contribution is 6.22. The number of amides is 2. The molecule has 3 rings (SSSR count). The molecule has 0 unspecified atom stereocenters. The molecule has 2 aromatic rings. The van der Waals surface area contributed by atoms with Gasteiger partial charge in [0.25, 0.3) is 11.8 Å². The van der Waals surface area contributed by atoms with Gasteiger partial charge in [-0.05, 0) is 48.7 Å². The third-order valence-electron chi connectivity index (χ3n) is 5.18. The van der Waals surface area contributed by atoms with Crippen molar-refractivity contribution in [3.05, 3.63) is 58.7 Å². The molecule has 168 valence electrons. The summed E-state index contributed by atoms with van der Waals surface area (Å²) >= 11 is 0. The number of methoxy groups -OCH3 is 2. The van der Waals surface area contributed by atoms with Crippen LogP contribution in [0.15, 0.2) is 36.4 Å². The van der Waals surface area contributed by atoms with Crippen LogP contribution >= 0.6 is 0 Å². The minimum absolute atomic E-state index is 0.0933. The maximum absolute atomic E-state index is 12.6. The molecule has 0 aliphatic carbocycles. The standard InChI is InChI=1S/C24H25NO7/c1-14(2)9-10-25-22(27)17-7-5-16(11-18(17)23(25)28)24(29)32-13-19(26)15-6-8-20(30-3)21(12-15)31-4/h5-8,11-12,14H,9-10,13H2,1-4H3. The molecule has 0 radical (unpaired) electrons. The van der Waals surface area contributed by atoms with Crippen molar-refractivity contribution < 1.29 is 33.4 Å². The average Bonchev–Trinajstić information content (AvgIpc) is 3.04. The molecule has 0 spiro atoms. The van der Waals surface area contributed by atoms with Gasteiger partial charge in [-0.1, -0.05) is 13.8 Å². The highest BCUT2D eigenvalue weighted by Crippen LogP contribution is 2.28. The van der Waals surface area contributed by atoms with Crippen LogP contribution in [0.1, 0.15) is 61.7 Å². The molecule has 1 heterocycles. The summed E-state index contributed by atoms with van der Waals surface area (Å²) < 4.78 is 15.4. The second kappa shape index (κ2) is 9.64. The van der Waals surface area contributed by atoms with Crippen LogP contribution in [0.4, 0.5) is 0 Å². The Morgan fingerprint density at radius 3 is 2.19 bits per heavy atom. The van der Waals surface area contributed by atoms with Gasteiger partial charge in [0.15, 0.2) is 23.9 Å². The van der Waals surface area contributed by atoms with Gasteiger partial charge in [-0.15, -0.1) is 0 Å². The summed E-state index contributed by atoms with van der Waals surface area (Å²) in [5.41, 5.74) is 0.817. The number of carbonyl (C=O) groups excluding carboxylic acids is 4. The first-order valence-electron chi connectivity index (χ1n) is 10.2. The first-order chi connectivity index (χ1) is 15.3. The monoisotopic (exact) mass is 439 g/mol. The quantitative estimate of drug-likeness (QED) is 0.335. The Morgan fingerprint density at radius 1 is 0.875 bits per heavy atom. The molecule has 2 amide bonds. The fourth-order valence-electron chi connectivity index (χ4n) is 3.32. The van der Waals surface area contributed by atoms with Crippen LogP contribution in [0.5, 0.6) is 11.5 Å². The van der Waals surface area contributed by atoms with Gasteiger partial charge in [0.05, 0.1) is 30.9 Å². The number of esters is 1. The zero-order valence-electron chi connectivity index (χ0n) is 18.5. The molecule has 32 heavy (non-hydrogen) atoms. The van der Waals surface area contributed by atoms with Crippen LogP contribution in [-0.2, 0) is 4.74 Å². The number of fused-ring (bicyclic) bond motifs is 1. The van der Waals surface area contributed by atoms with E-state index in [0.29, 0.717) is 35.9 Å². The van der Waals surface area contributed by atoms with E-state index >= 15 is 0 Å². The number of nitrogens with zero attached hydrogens (tertiary/aromatic N) is 1. The Balaban J connectivity index is 1.68. The fraction of sp³-hybridized carbons (Fsp3) is 0.333. The zero-order chi connectivity index (χ0) is 23.4. The van der Waals surface area contributed by atoms with Gasteiger partial charge in [0.1, 0.15) is 0 Å². The Morgan fingerprint density at radius 2 is 1.53 bits per heavy atom. The Hall–Kier alpha value is -3.68. The van der Waals surface area contributed by atoms with E-state index in [1.807, 2.05) is 13.8 Å². The van der Waals surface area contributed by atoms with Crippen molar-refractivity contribution in [2.24, 2.45) is 5.92 Å². The Labute approximate surface area is 186 Å². The summed E-state index contributed by atoms with van der Waals surface area (Å²) in [5, 5.41) is 0. The van der Waals surface area contributed by atoms with Gasteiger partial charge >= 0.3 is 5.97 Å². The van der Waals surface area contributed by atoms with E-state index in [1.54, 1.807) is 12.1 Å². The van der Waals surface area contributed by atoms with Crippen molar-refractivity contribution in [3.8, 4) is 11.5 Å². The molecular weight excluding hydrogens is 414 g/mol. The Bertz CT molecular complexity index is 1070. The summed E-state index contributed by atoms with van der Waals surface area (Å²) in [6, 6.07) is 8.83. The third kappa shape index (κ3) is 4.64. The fourth-order valence-corrected chi connectivity index (χ4v) is 3.32. The first kappa shape index (κ1) is 23.0. The van der Waals surface area contributed by atoms with Gasteiger partial charge in [-0.25, -0.2) is 4.79 Å². The molecule has 1 aliphatic rings. The van der Waals surface area contributed by atoms with E-state index in [2.05, 4.69) is 0 Å². The Kier molecular flexibility index (Phi) is 6.92. The van der Waals surface area contributed by atoms with E-state index in [-0.39, 0.29) is 22.6 Å². The minimum Gasteiger partial charge on any atom is -0.493 e. The van der Waals surface area contributed by atoms with Crippen LogP contribution in [0.3, 0.4) is 0 Å². The minimum atomic E-state index is -0.762. The smallest absolute Gasteiger partial charge is 0.338 e. The molecule has 0 atom stereocenters. The number of Topliss-reactive ketones (excluding diaryl/α,β-unsaturated/α-hetero) is 1. The number of carbonyl (C=O) groups is 4. The van der Waals surface area contributed by atoms with Crippen molar-refractivity contribution in [3.63, 3.8) is 0 Å². The molecule has 0 bridgehead atoms. The molecule has 0 saturated carbocycles. The molecule has 0 fully saturated rings. The maximum atomic E-state index is 12.6. The number of ketones is 1. The normalized spacial score (nSPS) is 12.7. The summed E-state index contributed by atoms with van der Waals surface area (Å²) in [6.45, 7) is 3.85. The molecule has 0 aromatic heterocycles. The molecular formula is C24H25NO7. The van der Waals surface area contributed by atoms with Gasteiger partial charge < -0.3 is 14.2 Å². The molecule has 1 aliphatic heterocycles. The van der Waals surface area contributed by atoms with Crippen molar-refractivity contribution in [1.82, 2.24) is 4.90 Å². The topological polar surface area (TPSA) is 99.2 Å². The zero-order valence-corrected chi connectivity index (χ0v) is 18.5. The molecule has 0 saturated heterocycles. The van der Waals surface area contributed by atoms with Gasteiger partial charge in [0, 0.05) is 12.1 Å². The molecule has 8 nitrogen and oxygen atoms in total. The van der Waals surface area contributed by atoms with Crippen LogP contribution in [0, 0.1) is 5.92 Å². The molecule has 8 heteroatoms. The molecule has 2 aromatic carbocycles. The van der Waals surface area contributed by atoms with Crippen LogP contribution in [0.2, 0.25) is 0 Å². The lowest BCUT2D eigenvalue weighted by molar-refractivity contribution is 0.0474. The lowest BCUT2D eigenvalue weighted by atomic mass is 10.1. The predicted molar refractivity (Wildman–Crippen MR) is 115 cm³/mol. The van der Waals surface area contributed by atoms with Crippen molar-refractivity contribution in [1.29, 1.82) is 0 Å². The second-order valence-electron chi connectivity index (χ2n) is 7.77. The maximum Gasteiger partial charge on any atom is 0.338 e. The predicted octanol–water partition coefficient (Wildman–Crippen LogP) is 3.39. The van der Waals surface area contributed by atoms with Gasteiger partial charge in [-0.3, -0.25) is 19.3 Å². The first-order valence-corrected chi connectivity index (χ1v) is 10.2. The van der Waals surface area contributed by atoms with Crippen molar-refractivity contribution >= 4 is 23.6 Å². The molecule has 0 N–H and O–H groups in total. The number of benzene rings is 2. The van der Waals surface area contributed by atoms with Crippen LogP contribution in [0.25, 0.3) is 0 Å². The highest BCUT2D eigenvalue weighted by atomic mass is 16.5. The summed E-state index contributed by atoms with van der Waals surface area (Å²) in [7, 11) is 2.94. The van der Waals surface area contributed by atoms with Gasteiger partial charge in [0.2, 0.25) is 0 Å². The summed E-state index contributed by atoms with van der Waals surface area (Å²) in [5.74, 6) is -0.785. The second-order valence-corrected chi connectivity index (χ2v) is 7.77. The van der Waals surface area contributed by atoms with Crippen LogP contribution in [-0.4, -0.2) is 55.8 Å². The summed E-state index contributed by atoms with van der Waals surface area (Å²) in [6.07, 6.45) is 0.693. The average molecular weight is 439 g/mol. The van der Waals surface area contributed by atoms with Crippen LogP contribution < -0.4 is 9.47 Å². The van der Waals surface area contributed by atoms with Crippen molar-refractivity contribution in [2.75, 3.05) is 27.4 Å².